The van der Waals surface area contributed by atoms with Gasteiger partial charge in [0.2, 0.25) is 0 Å². The SMILES string of the molecule is C[C@H](O)c1nccn1[C@@H](C#Cc1ccc(-c2ccc(OCC3CCC3)cc2)cc1)CO. The molecule has 5 heteroatoms. The molecule has 2 N–H and O–H groups in total. The van der Waals surface area contributed by atoms with E-state index >= 15 is 0 Å². The molecular weight excluding hydrogens is 388 g/mol. The van der Waals surface area contributed by atoms with Crippen LogP contribution in [0.2, 0.25) is 0 Å². The van der Waals surface area contributed by atoms with Crippen LogP contribution < -0.4 is 4.74 Å². The highest BCUT2D eigenvalue weighted by Gasteiger charge is 2.18. The number of aliphatic hydroxyl groups excluding tert-OH is 2. The Morgan fingerprint density at radius 3 is 2.35 bits per heavy atom. The number of benzene rings is 2. The van der Waals surface area contributed by atoms with Crippen LogP contribution in [-0.2, 0) is 0 Å². The van der Waals surface area contributed by atoms with Crippen LogP contribution >= 0.6 is 0 Å². The largest absolute Gasteiger partial charge is 0.493 e. The highest BCUT2D eigenvalue weighted by molar-refractivity contribution is 5.65. The number of hydrogen-bond acceptors (Lipinski definition) is 4. The van der Waals surface area contributed by atoms with Gasteiger partial charge in [0, 0.05) is 18.0 Å². The second kappa shape index (κ2) is 9.82. The predicted molar refractivity (Wildman–Crippen MR) is 121 cm³/mol. The van der Waals surface area contributed by atoms with Gasteiger partial charge in [-0.2, -0.15) is 0 Å². The third-order valence-electron chi connectivity index (χ3n) is 5.75. The third-order valence-corrected chi connectivity index (χ3v) is 5.75. The van der Waals surface area contributed by atoms with Crippen LogP contribution in [0.4, 0.5) is 0 Å². The molecular formula is C26H28N2O3. The Morgan fingerprint density at radius 2 is 1.77 bits per heavy atom. The maximum Gasteiger partial charge on any atom is 0.138 e. The van der Waals surface area contributed by atoms with Crippen LogP contribution in [0.25, 0.3) is 11.1 Å². The van der Waals surface area contributed by atoms with E-state index in [1.165, 1.54) is 19.3 Å². The molecule has 1 aliphatic rings. The smallest absolute Gasteiger partial charge is 0.138 e. The standard InChI is InChI=1S/C26H28N2O3/c1-19(30)26-27-15-16-28(26)24(17-29)12-7-20-5-8-22(9-6-20)23-10-13-25(14-11-23)31-18-21-3-2-4-21/h5-6,8-11,13-16,19,21,24,29-30H,2-4,17-18H2,1H3/t19-,24-/m0/s1. The first-order chi connectivity index (χ1) is 15.1. The summed E-state index contributed by atoms with van der Waals surface area (Å²) in [4.78, 5) is 4.14. The number of aliphatic hydroxyl groups is 2. The number of imidazole rings is 1. The molecule has 3 aromatic rings. The molecule has 0 saturated heterocycles. The summed E-state index contributed by atoms with van der Waals surface area (Å²) in [6, 6.07) is 15.8. The lowest BCUT2D eigenvalue weighted by molar-refractivity contribution is 0.176. The lowest BCUT2D eigenvalue weighted by Crippen LogP contribution is -2.19. The first-order valence-electron chi connectivity index (χ1n) is 10.8. The topological polar surface area (TPSA) is 67.5 Å². The maximum atomic E-state index is 9.83. The number of hydrogen-bond donors (Lipinski definition) is 2. The Bertz CT molecular complexity index is 1040. The lowest BCUT2D eigenvalue weighted by Gasteiger charge is -2.25. The average molecular weight is 417 g/mol. The lowest BCUT2D eigenvalue weighted by atomic mass is 9.86. The minimum absolute atomic E-state index is 0.156. The molecule has 0 radical (unpaired) electrons. The fourth-order valence-electron chi connectivity index (χ4n) is 3.64. The van der Waals surface area contributed by atoms with Gasteiger partial charge in [-0.15, -0.1) is 0 Å². The van der Waals surface area contributed by atoms with Crippen molar-refractivity contribution in [2.45, 2.75) is 38.3 Å². The summed E-state index contributed by atoms with van der Waals surface area (Å²) in [6.07, 6.45) is 6.51. The Balaban J connectivity index is 1.41. The van der Waals surface area contributed by atoms with Gasteiger partial charge in [-0.25, -0.2) is 4.98 Å². The summed E-state index contributed by atoms with van der Waals surface area (Å²) >= 11 is 0. The van der Waals surface area contributed by atoms with Crippen molar-refractivity contribution < 1.29 is 14.9 Å². The Labute approximate surface area is 183 Å². The van der Waals surface area contributed by atoms with Crippen molar-refractivity contribution in [3.05, 3.63) is 72.3 Å². The molecule has 1 saturated carbocycles. The van der Waals surface area contributed by atoms with Gasteiger partial charge >= 0.3 is 0 Å². The Morgan fingerprint density at radius 1 is 1.10 bits per heavy atom. The van der Waals surface area contributed by atoms with Crippen molar-refractivity contribution in [3.8, 4) is 28.7 Å². The monoisotopic (exact) mass is 416 g/mol. The fraction of sp³-hybridized carbons (Fsp3) is 0.346. The van der Waals surface area contributed by atoms with Gasteiger partial charge in [0.05, 0.1) is 13.2 Å². The van der Waals surface area contributed by atoms with Crippen molar-refractivity contribution in [2.75, 3.05) is 13.2 Å². The number of aromatic nitrogens is 2. The van der Waals surface area contributed by atoms with E-state index < -0.39 is 12.1 Å². The summed E-state index contributed by atoms with van der Waals surface area (Å²) in [5, 5.41) is 19.6. The van der Waals surface area contributed by atoms with E-state index in [2.05, 4.69) is 29.0 Å². The van der Waals surface area contributed by atoms with Crippen LogP contribution in [0, 0.1) is 17.8 Å². The van der Waals surface area contributed by atoms with Gasteiger partial charge in [0.25, 0.3) is 0 Å². The van der Waals surface area contributed by atoms with Gasteiger partial charge in [0.15, 0.2) is 0 Å². The highest BCUT2D eigenvalue weighted by atomic mass is 16.5. The highest BCUT2D eigenvalue weighted by Crippen LogP contribution is 2.28. The van der Waals surface area contributed by atoms with E-state index in [-0.39, 0.29) is 6.61 Å². The van der Waals surface area contributed by atoms with E-state index in [0.717, 1.165) is 35.0 Å². The molecule has 2 atom stereocenters. The molecule has 4 rings (SSSR count). The molecule has 0 bridgehead atoms. The zero-order chi connectivity index (χ0) is 21.6. The Kier molecular flexibility index (Phi) is 6.71. The second-order valence-corrected chi connectivity index (χ2v) is 8.05. The summed E-state index contributed by atoms with van der Waals surface area (Å²) < 4.78 is 7.59. The summed E-state index contributed by atoms with van der Waals surface area (Å²) in [6.45, 7) is 2.31. The van der Waals surface area contributed by atoms with Crippen molar-refractivity contribution in [1.82, 2.24) is 9.55 Å². The van der Waals surface area contributed by atoms with Crippen molar-refractivity contribution >= 4 is 0 Å². The van der Waals surface area contributed by atoms with Gasteiger partial charge in [-0.1, -0.05) is 42.5 Å². The molecule has 31 heavy (non-hydrogen) atoms. The second-order valence-electron chi connectivity index (χ2n) is 8.05. The van der Waals surface area contributed by atoms with Crippen LogP contribution in [0.1, 0.15) is 49.7 Å². The van der Waals surface area contributed by atoms with Crippen LogP contribution in [0.3, 0.4) is 0 Å². The molecule has 0 amide bonds. The predicted octanol–water partition coefficient (Wildman–Crippen LogP) is 4.37. The molecule has 1 fully saturated rings. The molecule has 2 aromatic carbocycles. The zero-order valence-electron chi connectivity index (χ0n) is 17.7. The first-order valence-corrected chi connectivity index (χ1v) is 10.8. The average Bonchev–Trinajstić information content (AvgIpc) is 3.24. The van der Waals surface area contributed by atoms with Gasteiger partial charge in [-0.3, -0.25) is 0 Å². The van der Waals surface area contributed by atoms with E-state index in [9.17, 15) is 10.2 Å². The zero-order valence-corrected chi connectivity index (χ0v) is 17.7. The summed E-state index contributed by atoms with van der Waals surface area (Å²) in [5.41, 5.74) is 3.10. The van der Waals surface area contributed by atoms with E-state index in [0.29, 0.717) is 5.82 Å². The minimum Gasteiger partial charge on any atom is -0.493 e. The number of ether oxygens (including phenoxy) is 1. The maximum absolute atomic E-state index is 9.83. The Hall–Kier alpha value is -3.07. The molecule has 0 unspecified atom stereocenters. The van der Waals surface area contributed by atoms with E-state index in [1.807, 2.05) is 36.4 Å². The fourth-order valence-corrected chi connectivity index (χ4v) is 3.64. The minimum atomic E-state index is -0.722. The first kappa shape index (κ1) is 21.2. The molecule has 1 aliphatic carbocycles. The molecule has 0 spiro atoms. The normalized spacial score (nSPS) is 15.5. The van der Waals surface area contributed by atoms with Gasteiger partial charge in [0.1, 0.15) is 23.7 Å². The third kappa shape index (κ3) is 5.16. The van der Waals surface area contributed by atoms with Crippen LogP contribution in [0.15, 0.2) is 60.9 Å². The number of nitrogens with zero attached hydrogens (tertiary/aromatic N) is 2. The molecule has 1 heterocycles. The van der Waals surface area contributed by atoms with Gasteiger partial charge in [-0.05, 0) is 61.1 Å². The van der Waals surface area contributed by atoms with Crippen molar-refractivity contribution in [3.63, 3.8) is 0 Å². The quantitative estimate of drug-likeness (QED) is 0.562. The van der Waals surface area contributed by atoms with E-state index in [4.69, 9.17) is 4.74 Å². The molecule has 0 aliphatic heterocycles. The summed E-state index contributed by atoms with van der Waals surface area (Å²) in [7, 11) is 0. The molecule has 5 nitrogen and oxygen atoms in total. The van der Waals surface area contributed by atoms with Crippen LogP contribution in [-0.4, -0.2) is 33.0 Å². The van der Waals surface area contributed by atoms with E-state index in [1.54, 1.807) is 23.9 Å². The number of rotatable bonds is 7. The summed E-state index contributed by atoms with van der Waals surface area (Å²) in [5.74, 6) is 8.33. The van der Waals surface area contributed by atoms with Crippen molar-refractivity contribution in [1.29, 1.82) is 0 Å². The van der Waals surface area contributed by atoms with Gasteiger partial charge < -0.3 is 19.5 Å². The van der Waals surface area contributed by atoms with Crippen LogP contribution in [0.5, 0.6) is 5.75 Å². The van der Waals surface area contributed by atoms with Crippen molar-refractivity contribution in [2.24, 2.45) is 5.92 Å². The molecule has 1 aromatic heterocycles. The molecule has 160 valence electrons.